The maximum atomic E-state index is 13.8. The van der Waals surface area contributed by atoms with E-state index in [1.807, 2.05) is 12.1 Å². The summed E-state index contributed by atoms with van der Waals surface area (Å²) in [6, 6.07) is 7.74. The van der Waals surface area contributed by atoms with Gasteiger partial charge in [0.25, 0.3) is 0 Å². The molecule has 0 unspecified atom stereocenters. The normalized spacial score (nSPS) is 20.6. The molecule has 8 heteroatoms. The number of hydrogen-bond donors (Lipinski definition) is 0. The minimum Gasteiger partial charge on any atom is -0.485 e. The molecule has 0 bridgehead atoms. The fourth-order valence-electron chi connectivity index (χ4n) is 3.72. The number of aromatic nitrogens is 1. The van der Waals surface area contributed by atoms with E-state index in [1.54, 1.807) is 13.1 Å². The van der Waals surface area contributed by atoms with Crippen molar-refractivity contribution in [2.45, 2.75) is 37.2 Å². The fourth-order valence-corrected chi connectivity index (χ4v) is 5.21. The maximum absolute atomic E-state index is 13.8. The molecule has 1 atom stereocenters. The van der Waals surface area contributed by atoms with Crippen LogP contribution in [0.15, 0.2) is 41.4 Å². The minimum atomic E-state index is -3.74. The molecule has 0 saturated carbocycles. The SMILES string of the molecule is Cc1ccc(S(=O)(=O)N2CC[C@H](Oc3cccnc3N3CCCC3)C2)cc1F. The lowest BCUT2D eigenvalue weighted by atomic mass is 10.2. The van der Waals surface area contributed by atoms with Gasteiger partial charge in [-0.3, -0.25) is 0 Å². The van der Waals surface area contributed by atoms with Crippen LogP contribution in [0.5, 0.6) is 5.75 Å². The monoisotopic (exact) mass is 405 g/mol. The Labute approximate surface area is 165 Å². The summed E-state index contributed by atoms with van der Waals surface area (Å²) in [7, 11) is -3.74. The van der Waals surface area contributed by atoms with Crippen molar-refractivity contribution in [2.75, 3.05) is 31.1 Å². The number of pyridine rings is 1. The van der Waals surface area contributed by atoms with Crippen LogP contribution in [0.3, 0.4) is 0 Å². The Hall–Kier alpha value is -2.19. The van der Waals surface area contributed by atoms with Crippen molar-refractivity contribution >= 4 is 15.8 Å². The molecule has 0 radical (unpaired) electrons. The van der Waals surface area contributed by atoms with E-state index in [1.165, 1.54) is 16.4 Å². The predicted molar refractivity (Wildman–Crippen MR) is 105 cm³/mol. The molecule has 1 aromatic heterocycles. The lowest BCUT2D eigenvalue weighted by Crippen LogP contribution is -2.31. The molecule has 28 heavy (non-hydrogen) atoms. The average molecular weight is 405 g/mol. The molecule has 0 spiro atoms. The molecule has 2 aliphatic rings. The second-order valence-corrected chi connectivity index (χ2v) is 9.26. The highest BCUT2D eigenvalue weighted by atomic mass is 32.2. The van der Waals surface area contributed by atoms with Crippen LogP contribution < -0.4 is 9.64 Å². The van der Waals surface area contributed by atoms with Gasteiger partial charge in [-0.1, -0.05) is 6.07 Å². The van der Waals surface area contributed by atoms with E-state index in [2.05, 4.69) is 9.88 Å². The summed E-state index contributed by atoms with van der Waals surface area (Å²) >= 11 is 0. The summed E-state index contributed by atoms with van der Waals surface area (Å²) in [5.41, 5.74) is 0.424. The van der Waals surface area contributed by atoms with Gasteiger partial charge < -0.3 is 9.64 Å². The molecular weight excluding hydrogens is 381 g/mol. The van der Waals surface area contributed by atoms with Crippen LogP contribution >= 0.6 is 0 Å². The molecule has 3 heterocycles. The van der Waals surface area contributed by atoms with Gasteiger partial charge in [-0.05, 0) is 56.0 Å². The zero-order valence-corrected chi connectivity index (χ0v) is 16.7. The van der Waals surface area contributed by atoms with Gasteiger partial charge in [0.05, 0.1) is 11.4 Å². The predicted octanol–water partition coefficient (Wildman–Crippen LogP) is 2.97. The maximum Gasteiger partial charge on any atom is 0.243 e. The standard InChI is InChI=1S/C20H24FN3O3S/c1-15-6-7-17(13-18(15)21)28(25,26)24-12-8-16(14-24)27-19-5-4-9-22-20(19)23-10-2-3-11-23/h4-7,9,13,16H,2-3,8,10-12,14H2,1H3/t16-/m0/s1. The average Bonchev–Trinajstić information content (AvgIpc) is 3.37. The third-order valence-electron chi connectivity index (χ3n) is 5.34. The smallest absolute Gasteiger partial charge is 0.243 e. The fraction of sp³-hybridized carbons (Fsp3) is 0.450. The summed E-state index contributed by atoms with van der Waals surface area (Å²) in [6.07, 6.45) is 4.35. The van der Waals surface area contributed by atoms with Crippen molar-refractivity contribution in [2.24, 2.45) is 0 Å². The van der Waals surface area contributed by atoms with Gasteiger partial charge in [-0.2, -0.15) is 4.31 Å². The van der Waals surface area contributed by atoms with Gasteiger partial charge in [-0.15, -0.1) is 0 Å². The Balaban J connectivity index is 1.48. The molecule has 150 valence electrons. The molecule has 2 aliphatic heterocycles. The summed E-state index contributed by atoms with van der Waals surface area (Å²) in [5, 5.41) is 0. The zero-order chi connectivity index (χ0) is 19.7. The minimum absolute atomic E-state index is 0.0182. The van der Waals surface area contributed by atoms with E-state index in [4.69, 9.17) is 4.74 Å². The summed E-state index contributed by atoms with van der Waals surface area (Å²) in [6.45, 7) is 4.11. The number of nitrogens with zero attached hydrogens (tertiary/aromatic N) is 3. The molecule has 0 N–H and O–H groups in total. The highest BCUT2D eigenvalue weighted by Gasteiger charge is 2.34. The van der Waals surface area contributed by atoms with Crippen LogP contribution in [0, 0.1) is 12.7 Å². The first-order valence-electron chi connectivity index (χ1n) is 9.58. The number of rotatable bonds is 5. The summed E-state index contributed by atoms with van der Waals surface area (Å²) in [5.74, 6) is 0.996. The first kappa shape index (κ1) is 19.1. The van der Waals surface area contributed by atoms with E-state index in [9.17, 15) is 12.8 Å². The van der Waals surface area contributed by atoms with Crippen LogP contribution in [0.4, 0.5) is 10.2 Å². The van der Waals surface area contributed by atoms with Crippen molar-refractivity contribution in [3.8, 4) is 5.75 Å². The molecule has 0 aliphatic carbocycles. The van der Waals surface area contributed by atoms with E-state index < -0.39 is 15.8 Å². The van der Waals surface area contributed by atoms with Gasteiger partial charge in [0.15, 0.2) is 11.6 Å². The van der Waals surface area contributed by atoms with E-state index in [0.717, 1.165) is 37.8 Å². The van der Waals surface area contributed by atoms with E-state index in [-0.39, 0.29) is 17.5 Å². The van der Waals surface area contributed by atoms with Gasteiger partial charge in [0.1, 0.15) is 11.9 Å². The Morgan fingerprint density at radius 1 is 1.18 bits per heavy atom. The third-order valence-corrected chi connectivity index (χ3v) is 7.20. The number of benzene rings is 1. The zero-order valence-electron chi connectivity index (χ0n) is 15.8. The van der Waals surface area contributed by atoms with E-state index >= 15 is 0 Å². The highest BCUT2D eigenvalue weighted by molar-refractivity contribution is 7.89. The molecule has 2 fully saturated rings. The first-order valence-corrected chi connectivity index (χ1v) is 11.0. The second-order valence-electron chi connectivity index (χ2n) is 7.32. The van der Waals surface area contributed by atoms with Crippen LogP contribution in [-0.4, -0.2) is 50.0 Å². The van der Waals surface area contributed by atoms with Crippen molar-refractivity contribution < 1.29 is 17.5 Å². The Bertz CT molecular complexity index is 961. The van der Waals surface area contributed by atoms with E-state index in [0.29, 0.717) is 24.3 Å². The number of ether oxygens (including phenoxy) is 1. The lowest BCUT2D eigenvalue weighted by molar-refractivity contribution is 0.215. The van der Waals surface area contributed by atoms with Gasteiger partial charge in [0.2, 0.25) is 10.0 Å². The van der Waals surface area contributed by atoms with Gasteiger partial charge in [0, 0.05) is 25.8 Å². The van der Waals surface area contributed by atoms with Crippen LogP contribution in [-0.2, 0) is 10.0 Å². The molecule has 6 nitrogen and oxygen atoms in total. The lowest BCUT2D eigenvalue weighted by Gasteiger charge is -2.22. The summed E-state index contributed by atoms with van der Waals surface area (Å²) in [4.78, 5) is 6.65. The number of sulfonamides is 1. The molecule has 0 amide bonds. The van der Waals surface area contributed by atoms with Crippen molar-refractivity contribution in [1.82, 2.24) is 9.29 Å². The quantitative estimate of drug-likeness (QED) is 0.765. The Kier molecular flexibility index (Phi) is 5.25. The van der Waals surface area contributed by atoms with Gasteiger partial charge >= 0.3 is 0 Å². The van der Waals surface area contributed by atoms with Crippen LogP contribution in [0.1, 0.15) is 24.8 Å². The third kappa shape index (κ3) is 3.71. The highest BCUT2D eigenvalue weighted by Crippen LogP contribution is 2.31. The number of hydrogen-bond acceptors (Lipinski definition) is 5. The van der Waals surface area contributed by atoms with Crippen molar-refractivity contribution in [3.05, 3.63) is 47.9 Å². The van der Waals surface area contributed by atoms with Crippen molar-refractivity contribution in [3.63, 3.8) is 0 Å². The Morgan fingerprint density at radius 2 is 1.96 bits per heavy atom. The number of anilines is 1. The van der Waals surface area contributed by atoms with Gasteiger partial charge in [-0.25, -0.2) is 17.8 Å². The van der Waals surface area contributed by atoms with Crippen LogP contribution in [0.2, 0.25) is 0 Å². The number of halogens is 1. The molecule has 4 rings (SSSR count). The molecular formula is C20H24FN3O3S. The molecule has 1 aromatic carbocycles. The first-order chi connectivity index (χ1) is 13.4. The topological polar surface area (TPSA) is 62.7 Å². The summed E-state index contributed by atoms with van der Waals surface area (Å²) < 4.78 is 47.1. The molecule has 2 saturated heterocycles. The van der Waals surface area contributed by atoms with Crippen LogP contribution in [0.25, 0.3) is 0 Å². The van der Waals surface area contributed by atoms with Crippen molar-refractivity contribution in [1.29, 1.82) is 0 Å². The molecule has 2 aromatic rings. The Morgan fingerprint density at radius 3 is 2.71 bits per heavy atom. The largest absolute Gasteiger partial charge is 0.485 e. The number of aryl methyl sites for hydroxylation is 1. The second kappa shape index (κ2) is 7.67.